The van der Waals surface area contributed by atoms with Crippen LogP contribution in [0.3, 0.4) is 0 Å². The molecule has 1 nitrogen and oxygen atoms in total. The van der Waals surface area contributed by atoms with Crippen molar-refractivity contribution in [2.75, 3.05) is 5.32 Å². The van der Waals surface area contributed by atoms with Crippen molar-refractivity contribution in [1.29, 1.82) is 0 Å². The highest BCUT2D eigenvalue weighted by atomic mass is 14.9. The molecule has 7 rings (SSSR count). The van der Waals surface area contributed by atoms with Gasteiger partial charge < -0.3 is 5.32 Å². The maximum atomic E-state index is 3.76. The van der Waals surface area contributed by atoms with Gasteiger partial charge in [0.25, 0.3) is 0 Å². The van der Waals surface area contributed by atoms with E-state index >= 15 is 0 Å². The van der Waals surface area contributed by atoms with Gasteiger partial charge in [0, 0.05) is 22.4 Å². The van der Waals surface area contributed by atoms with E-state index in [4.69, 9.17) is 0 Å². The molecule has 0 spiro atoms. The molecule has 3 unspecified atom stereocenters. The second-order valence-corrected chi connectivity index (χ2v) is 11.5. The van der Waals surface area contributed by atoms with Gasteiger partial charge in [-0.25, -0.2) is 0 Å². The number of para-hydroxylation sites is 1. The minimum absolute atomic E-state index is 0.0125. The van der Waals surface area contributed by atoms with Crippen LogP contribution in [0.25, 0.3) is 22.3 Å². The third-order valence-corrected chi connectivity index (χ3v) is 9.18. The Labute approximate surface area is 209 Å². The lowest BCUT2D eigenvalue weighted by Gasteiger charge is -2.23. The van der Waals surface area contributed by atoms with Gasteiger partial charge >= 0.3 is 0 Å². The largest absolute Gasteiger partial charge is 0.355 e. The third-order valence-electron chi connectivity index (χ3n) is 9.18. The molecule has 2 bridgehead atoms. The number of hydrogen-bond acceptors (Lipinski definition) is 1. The number of hydrogen-bond donors (Lipinski definition) is 1. The van der Waals surface area contributed by atoms with E-state index in [1.807, 2.05) is 0 Å². The summed E-state index contributed by atoms with van der Waals surface area (Å²) < 4.78 is 0. The lowest BCUT2D eigenvalue weighted by molar-refractivity contribution is 0.420. The zero-order valence-electron chi connectivity index (χ0n) is 20.7. The molecule has 3 aliphatic rings. The molecule has 0 aliphatic heterocycles. The molecule has 2 fully saturated rings. The quantitative estimate of drug-likeness (QED) is 0.323. The fourth-order valence-electron chi connectivity index (χ4n) is 7.34. The minimum atomic E-state index is 0.0125. The zero-order chi connectivity index (χ0) is 23.6. The average Bonchev–Trinajstić information content (AvgIpc) is 3.58. The predicted octanol–water partition coefficient (Wildman–Crippen LogP) is 9.31. The van der Waals surface area contributed by atoms with Gasteiger partial charge in [-0.1, -0.05) is 93.1 Å². The molecular formula is C34H33N. The summed E-state index contributed by atoms with van der Waals surface area (Å²) in [5.41, 5.74) is 12.0. The second kappa shape index (κ2) is 7.85. The molecule has 4 aromatic rings. The first-order chi connectivity index (χ1) is 17.1. The van der Waals surface area contributed by atoms with E-state index in [9.17, 15) is 0 Å². The van der Waals surface area contributed by atoms with Crippen LogP contribution < -0.4 is 5.32 Å². The Morgan fingerprint density at radius 1 is 0.686 bits per heavy atom. The van der Waals surface area contributed by atoms with Crippen LogP contribution in [-0.2, 0) is 5.41 Å². The number of benzene rings is 4. The topological polar surface area (TPSA) is 12.0 Å². The Balaban J connectivity index is 1.19. The van der Waals surface area contributed by atoms with Crippen LogP contribution >= 0.6 is 0 Å². The van der Waals surface area contributed by atoms with Gasteiger partial charge in [0.05, 0.1) is 0 Å². The molecule has 1 N–H and O–H groups in total. The van der Waals surface area contributed by atoms with Crippen LogP contribution in [0.4, 0.5) is 11.4 Å². The Bertz CT molecular complexity index is 1410. The lowest BCUT2D eigenvalue weighted by atomic mass is 9.82. The van der Waals surface area contributed by atoms with Crippen molar-refractivity contribution in [2.45, 2.75) is 50.9 Å². The molecular weight excluding hydrogens is 422 g/mol. The van der Waals surface area contributed by atoms with Crippen LogP contribution in [0.2, 0.25) is 0 Å². The van der Waals surface area contributed by atoms with E-state index in [0.29, 0.717) is 0 Å². The smallest absolute Gasteiger partial charge is 0.0463 e. The van der Waals surface area contributed by atoms with Crippen molar-refractivity contribution in [2.24, 2.45) is 11.8 Å². The van der Waals surface area contributed by atoms with Gasteiger partial charge in [-0.05, 0) is 88.6 Å². The number of nitrogens with one attached hydrogen (secondary N) is 1. The first-order valence-electron chi connectivity index (χ1n) is 13.3. The van der Waals surface area contributed by atoms with Crippen LogP contribution in [0.1, 0.15) is 62.1 Å². The van der Waals surface area contributed by atoms with Crippen molar-refractivity contribution >= 4 is 11.4 Å². The maximum absolute atomic E-state index is 3.76. The lowest BCUT2D eigenvalue weighted by Crippen LogP contribution is -2.15. The van der Waals surface area contributed by atoms with Gasteiger partial charge in [0.15, 0.2) is 0 Å². The van der Waals surface area contributed by atoms with E-state index in [0.717, 1.165) is 29.1 Å². The van der Waals surface area contributed by atoms with E-state index in [1.165, 1.54) is 59.1 Å². The molecule has 2 saturated carbocycles. The first-order valence-corrected chi connectivity index (χ1v) is 13.3. The Hall–Kier alpha value is -3.32. The molecule has 3 atom stereocenters. The summed E-state index contributed by atoms with van der Waals surface area (Å²) in [4.78, 5) is 0. The van der Waals surface area contributed by atoms with Crippen molar-refractivity contribution in [3.8, 4) is 22.3 Å². The van der Waals surface area contributed by atoms with Crippen molar-refractivity contribution in [3.63, 3.8) is 0 Å². The van der Waals surface area contributed by atoms with Gasteiger partial charge in [-0.2, -0.15) is 0 Å². The molecule has 0 radical (unpaired) electrons. The standard InChI is InChI=1S/C34H33N/c1-34(2)31-9-5-3-8-28(31)29-18-17-26(21-32(29)34)35-33-10-6-4-7-27(33)23-13-15-24(16-14-23)30-20-22-11-12-25(30)19-22/h3-10,13-18,21-22,25,30,35H,11-12,19-20H2,1-2H3. The van der Waals surface area contributed by atoms with Crippen molar-refractivity contribution < 1.29 is 0 Å². The summed E-state index contributed by atoms with van der Waals surface area (Å²) in [6.07, 6.45) is 5.76. The van der Waals surface area contributed by atoms with E-state index in [1.54, 1.807) is 5.56 Å². The Morgan fingerprint density at radius 3 is 2.20 bits per heavy atom. The monoisotopic (exact) mass is 455 g/mol. The van der Waals surface area contributed by atoms with E-state index in [2.05, 4.69) is 110 Å². The Morgan fingerprint density at radius 2 is 1.43 bits per heavy atom. The fourth-order valence-corrected chi connectivity index (χ4v) is 7.34. The summed E-state index contributed by atoms with van der Waals surface area (Å²) in [5.74, 6) is 2.70. The van der Waals surface area contributed by atoms with Crippen LogP contribution in [0.5, 0.6) is 0 Å². The highest BCUT2D eigenvalue weighted by Crippen LogP contribution is 2.53. The molecule has 35 heavy (non-hydrogen) atoms. The van der Waals surface area contributed by atoms with Gasteiger partial charge in [-0.15, -0.1) is 0 Å². The predicted molar refractivity (Wildman–Crippen MR) is 147 cm³/mol. The number of anilines is 2. The van der Waals surface area contributed by atoms with E-state index < -0.39 is 0 Å². The molecule has 0 saturated heterocycles. The third kappa shape index (κ3) is 3.36. The van der Waals surface area contributed by atoms with Crippen LogP contribution in [0, 0.1) is 11.8 Å². The normalized spacial score (nSPS) is 23.2. The van der Waals surface area contributed by atoms with Crippen molar-refractivity contribution in [3.05, 3.63) is 108 Å². The van der Waals surface area contributed by atoms with Gasteiger partial charge in [0.1, 0.15) is 0 Å². The molecule has 1 heteroatoms. The molecule has 174 valence electrons. The molecule has 4 aromatic carbocycles. The van der Waals surface area contributed by atoms with Crippen molar-refractivity contribution in [1.82, 2.24) is 0 Å². The SMILES string of the molecule is CC1(C)c2ccccc2-c2ccc(Nc3ccccc3-c3ccc(C4CC5CCC4C5)cc3)cc21. The van der Waals surface area contributed by atoms with Crippen LogP contribution in [0.15, 0.2) is 91.0 Å². The summed E-state index contributed by atoms with van der Waals surface area (Å²) in [6, 6.07) is 33.9. The maximum Gasteiger partial charge on any atom is 0.0463 e. The zero-order valence-corrected chi connectivity index (χ0v) is 20.7. The molecule has 3 aliphatic carbocycles. The second-order valence-electron chi connectivity index (χ2n) is 11.5. The molecule has 0 amide bonds. The van der Waals surface area contributed by atoms with Gasteiger partial charge in [0.2, 0.25) is 0 Å². The van der Waals surface area contributed by atoms with Gasteiger partial charge in [-0.3, -0.25) is 0 Å². The Kier molecular flexibility index (Phi) is 4.71. The highest BCUT2D eigenvalue weighted by molar-refractivity contribution is 5.85. The highest BCUT2D eigenvalue weighted by Gasteiger charge is 2.40. The van der Waals surface area contributed by atoms with Crippen LogP contribution in [-0.4, -0.2) is 0 Å². The number of rotatable bonds is 4. The fraction of sp³-hybridized carbons (Fsp3) is 0.294. The summed E-state index contributed by atoms with van der Waals surface area (Å²) in [5, 5.41) is 3.76. The molecule has 0 heterocycles. The molecule has 0 aromatic heterocycles. The number of fused-ring (bicyclic) bond motifs is 5. The average molecular weight is 456 g/mol. The summed E-state index contributed by atoms with van der Waals surface area (Å²) >= 11 is 0. The minimum Gasteiger partial charge on any atom is -0.355 e. The summed E-state index contributed by atoms with van der Waals surface area (Å²) in [7, 11) is 0. The first kappa shape index (κ1) is 21.0. The van der Waals surface area contributed by atoms with E-state index in [-0.39, 0.29) is 5.41 Å². The summed E-state index contributed by atoms with van der Waals surface area (Å²) in [6.45, 7) is 4.68.